The van der Waals surface area contributed by atoms with Gasteiger partial charge in [-0.3, -0.25) is 9.69 Å². The molecule has 1 N–H and O–H groups in total. The Kier molecular flexibility index (Phi) is 4.55. The molecule has 0 aliphatic carbocycles. The molecule has 0 radical (unpaired) electrons. The van der Waals surface area contributed by atoms with Crippen LogP contribution in [-0.2, 0) is 4.79 Å². The van der Waals surface area contributed by atoms with Crippen LogP contribution in [0, 0.1) is 0 Å². The van der Waals surface area contributed by atoms with Gasteiger partial charge in [0.1, 0.15) is 11.5 Å². The number of phenols is 1. The van der Waals surface area contributed by atoms with Crippen LogP contribution in [0.15, 0.2) is 59.5 Å². The van der Waals surface area contributed by atoms with Crippen LogP contribution in [0.1, 0.15) is 5.69 Å². The highest BCUT2D eigenvalue weighted by Crippen LogP contribution is 2.36. The van der Waals surface area contributed by atoms with Gasteiger partial charge >= 0.3 is 0 Å². The monoisotopic (exact) mass is 394 g/mol. The van der Waals surface area contributed by atoms with E-state index >= 15 is 0 Å². The second-order valence-corrected chi connectivity index (χ2v) is 7.51. The lowest BCUT2D eigenvalue weighted by Crippen LogP contribution is -2.27. The number of methoxy groups -OCH3 is 1. The van der Waals surface area contributed by atoms with Crippen LogP contribution >= 0.6 is 24.0 Å². The van der Waals surface area contributed by atoms with Crippen molar-refractivity contribution in [1.29, 1.82) is 0 Å². The molecule has 2 aromatic carbocycles. The summed E-state index contributed by atoms with van der Waals surface area (Å²) in [6.45, 7) is 0. The molecular weight excluding hydrogens is 380 g/mol. The highest BCUT2D eigenvalue weighted by molar-refractivity contribution is 8.27. The van der Waals surface area contributed by atoms with E-state index in [9.17, 15) is 9.90 Å². The zero-order chi connectivity index (χ0) is 19.0. The second kappa shape index (κ2) is 7.02. The summed E-state index contributed by atoms with van der Waals surface area (Å²) >= 11 is 6.57. The smallest absolute Gasteiger partial charge is 0.270 e. The van der Waals surface area contributed by atoms with Gasteiger partial charge in [0, 0.05) is 11.5 Å². The Morgan fingerprint density at radius 3 is 2.81 bits per heavy atom. The third kappa shape index (κ3) is 3.39. The molecule has 3 aromatic rings. The van der Waals surface area contributed by atoms with E-state index in [1.165, 1.54) is 22.7 Å². The molecule has 2 heterocycles. The predicted molar refractivity (Wildman–Crippen MR) is 112 cm³/mol. The Hall–Kier alpha value is -2.90. The maximum Gasteiger partial charge on any atom is 0.270 e. The number of rotatable bonds is 3. The van der Waals surface area contributed by atoms with E-state index in [4.69, 9.17) is 17.0 Å². The Morgan fingerprint density at radius 1 is 1.19 bits per heavy atom. The molecule has 4 rings (SSSR count). The van der Waals surface area contributed by atoms with Gasteiger partial charge in [0.25, 0.3) is 5.91 Å². The first-order chi connectivity index (χ1) is 13.0. The number of pyridine rings is 1. The van der Waals surface area contributed by atoms with Crippen LogP contribution < -0.4 is 9.64 Å². The lowest BCUT2D eigenvalue weighted by Gasteiger charge is -2.14. The average Bonchev–Trinajstić information content (AvgIpc) is 2.94. The number of benzene rings is 2. The van der Waals surface area contributed by atoms with Gasteiger partial charge in [-0.2, -0.15) is 0 Å². The number of carbonyl (C=O) groups is 1. The summed E-state index contributed by atoms with van der Waals surface area (Å²) in [5.74, 6) is 0.619. The maximum absolute atomic E-state index is 12.8. The normalized spacial score (nSPS) is 15.7. The predicted octanol–water partition coefficient (Wildman–Crippen LogP) is 4.35. The number of thioether (sulfide) groups is 1. The number of carbonyl (C=O) groups excluding carboxylic acids is 1. The van der Waals surface area contributed by atoms with Crippen molar-refractivity contribution in [2.24, 2.45) is 0 Å². The number of amides is 1. The summed E-state index contributed by atoms with van der Waals surface area (Å²) in [7, 11) is 1.62. The molecule has 0 saturated carbocycles. The van der Waals surface area contributed by atoms with Crippen molar-refractivity contribution in [3.63, 3.8) is 0 Å². The highest BCUT2D eigenvalue weighted by atomic mass is 32.2. The van der Waals surface area contributed by atoms with Gasteiger partial charge in [0.05, 0.1) is 28.9 Å². The standard InChI is InChI=1S/C20H14N2O3S2/c1-25-16-7-8-17-12(9-16)5-6-13(21-17)10-18-19(24)22(20(26)27-18)14-3-2-4-15(23)11-14/h2-11,23H,1H3/b18-10-. The number of hydrogen-bond acceptors (Lipinski definition) is 6. The molecule has 1 aliphatic heterocycles. The van der Waals surface area contributed by atoms with Gasteiger partial charge in [0.2, 0.25) is 0 Å². The first-order valence-corrected chi connectivity index (χ1v) is 9.29. The first-order valence-electron chi connectivity index (χ1n) is 8.07. The van der Waals surface area contributed by atoms with Gasteiger partial charge < -0.3 is 9.84 Å². The zero-order valence-electron chi connectivity index (χ0n) is 14.2. The van der Waals surface area contributed by atoms with E-state index in [1.54, 1.807) is 31.4 Å². The number of hydrogen-bond donors (Lipinski definition) is 1. The van der Waals surface area contributed by atoms with Crippen molar-refractivity contribution in [2.75, 3.05) is 12.0 Å². The summed E-state index contributed by atoms with van der Waals surface area (Å²) in [4.78, 5) is 19.3. The minimum Gasteiger partial charge on any atom is -0.508 e. The molecule has 0 spiro atoms. The molecule has 0 bridgehead atoms. The van der Waals surface area contributed by atoms with E-state index in [0.717, 1.165) is 16.7 Å². The molecule has 1 aliphatic rings. The summed E-state index contributed by atoms with van der Waals surface area (Å²) in [6.07, 6.45) is 1.73. The van der Waals surface area contributed by atoms with E-state index in [-0.39, 0.29) is 11.7 Å². The molecule has 1 amide bonds. The number of aromatic nitrogens is 1. The van der Waals surface area contributed by atoms with E-state index in [1.807, 2.05) is 30.3 Å². The molecular formula is C20H14N2O3S2. The van der Waals surface area contributed by atoms with Gasteiger partial charge in [-0.05, 0) is 42.5 Å². The number of phenolic OH excluding ortho intramolecular Hbond substituents is 1. The number of nitrogens with zero attached hydrogens (tertiary/aromatic N) is 2. The molecule has 1 aromatic heterocycles. The number of anilines is 1. The molecule has 27 heavy (non-hydrogen) atoms. The number of thiocarbonyl (C=S) groups is 1. The Labute approximate surface area is 165 Å². The summed E-state index contributed by atoms with van der Waals surface area (Å²) in [6, 6.07) is 15.9. The summed E-state index contributed by atoms with van der Waals surface area (Å²) < 4.78 is 5.64. The van der Waals surface area contributed by atoms with Crippen LogP contribution in [0.5, 0.6) is 11.5 Å². The number of aromatic hydroxyl groups is 1. The Balaban J connectivity index is 1.67. The van der Waals surface area contributed by atoms with Crippen LogP contribution in [0.2, 0.25) is 0 Å². The van der Waals surface area contributed by atoms with E-state index in [0.29, 0.717) is 20.6 Å². The van der Waals surface area contributed by atoms with Crippen LogP contribution in [-0.4, -0.2) is 27.4 Å². The third-order valence-electron chi connectivity index (χ3n) is 4.08. The fraction of sp³-hybridized carbons (Fsp3) is 0.0500. The topological polar surface area (TPSA) is 62.7 Å². The maximum atomic E-state index is 12.8. The lowest BCUT2D eigenvalue weighted by atomic mass is 10.2. The van der Waals surface area contributed by atoms with Crippen molar-refractivity contribution in [3.8, 4) is 11.5 Å². The molecule has 7 heteroatoms. The minimum atomic E-state index is -0.229. The zero-order valence-corrected chi connectivity index (χ0v) is 15.9. The third-order valence-corrected chi connectivity index (χ3v) is 5.38. The van der Waals surface area contributed by atoms with Crippen LogP contribution in [0.25, 0.3) is 17.0 Å². The van der Waals surface area contributed by atoms with Gasteiger partial charge in [0.15, 0.2) is 4.32 Å². The lowest BCUT2D eigenvalue weighted by molar-refractivity contribution is -0.113. The van der Waals surface area contributed by atoms with Crippen molar-refractivity contribution in [1.82, 2.24) is 4.98 Å². The summed E-state index contributed by atoms with van der Waals surface area (Å²) in [5.41, 5.74) is 2.02. The van der Waals surface area contributed by atoms with Crippen LogP contribution in [0.4, 0.5) is 5.69 Å². The molecule has 134 valence electrons. The molecule has 0 unspecified atom stereocenters. The van der Waals surface area contributed by atoms with Crippen molar-refractivity contribution < 1.29 is 14.6 Å². The number of fused-ring (bicyclic) bond motifs is 1. The quantitative estimate of drug-likeness (QED) is 0.526. The molecule has 0 atom stereocenters. The molecule has 5 nitrogen and oxygen atoms in total. The molecule has 1 saturated heterocycles. The fourth-order valence-electron chi connectivity index (χ4n) is 2.78. The van der Waals surface area contributed by atoms with Crippen molar-refractivity contribution in [3.05, 3.63) is 65.2 Å². The average molecular weight is 394 g/mol. The first kappa shape index (κ1) is 17.5. The number of ether oxygens (including phenoxy) is 1. The van der Waals surface area contributed by atoms with Crippen LogP contribution in [0.3, 0.4) is 0 Å². The minimum absolute atomic E-state index is 0.0807. The Bertz CT molecular complexity index is 1110. The Morgan fingerprint density at radius 2 is 2.04 bits per heavy atom. The van der Waals surface area contributed by atoms with Crippen molar-refractivity contribution in [2.45, 2.75) is 0 Å². The fourth-order valence-corrected chi connectivity index (χ4v) is 4.07. The largest absolute Gasteiger partial charge is 0.508 e. The van der Waals surface area contributed by atoms with Crippen molar-refractivity contribution >= 4 is 56.9 Å². The van der Waals surface area contributed by atoms with E-state index in [2.05, 4.69) is 4.98 Å². The molecule has 1 fully saturated rings. The van der Waals surface area contributed by atoms with E-state index < -0.39 is 0 Å². The SMILES string of the molecule is COc1ccc2nc(/C=C3\SC(=S)N(c4cccc(O)c4)C3=O)ccc2c1. The van der Waals surface area contributed by atoms with Gasteiger partial charge in [-0.25, -0.2) is 4.98 Å². The van der Waals surface area contributed by atoms with Gasteiger partial charge in [-0.1, -0.05) is 36.1 Å². The second-order valence-electron chi connectivity index (χ2n) is 5.83. The van der Waals surface area contributed by atoms with Gasteiger partial charge in [-0.15, -0.1) is 0 Å². The highest BCUT2D eigenvalue weighted by Gasteiger charge is 2.33. The summed E-state index contributed by atoms with van der Waals surface area (Å²) in [5, 5.41) is 10.6.